The lowest BCUT2D eigenvalue weighted by molar-refractivity contribution is 0.0765. The van der Waals surface area contributed by atoms with Crippen molar-refractivity contribution in [1.29, 1.82) is 0 Å². The summed E-state index contributed by atoms with van der Waals surface area (Å²) in [6.45, 7) is 8.96. The third-order valence-electron chi connectivity index (χ3n) is 2.89. The molecular weight excluding hydrogens is 226 g/mol. The third-order valence-corrected chi connectivity index (χ3v) is 5.46. The predicted octanol–water partition coefficient (Wildman–Crippen LogP) is 1.61. The molecule has 0 radical (unpaired) electrons. The van der Waals surface area contributed by atoms with E-state index in [0.29, 0.717) is 19.6 Å². The van der Waals surface area contributed by atoms with Crippen molar-refractivity contribution in [2.75, 3.05) is 13.2 Å². The lowest BCUT2D eigenvalue weighted by atomic mass is 10.2. The zero-order chi connectivity index (χ0) is 12.3. The fraction of sp³-hybridized carbons (Fsp3) is 1.00. The maximum absolute atomic E-state index is 12.1. The van der Waals surface area contributed by atoms with Gasteiger partial charge in [-0.1, -0.05) is 0 Å². The van der Waals surface area contributed by atoms with E-state index in [1.807, 2.05) is 27.7 Å². The molecule has 1 saturated heterocycles. The van der Waals surface area contributed by atoms with Gasteiger partial charge in [0.2, 0.25) is 10.0 Å². The number of sulfonamides is 1. The maximum Gasteiger partial charge on any atom is 0.217 e. The van der Waals surface area contributed by atoms with Crippen molar-refractivity contribution < 1.29 is 13.2 Å². The summed E-state index contributed by atoms with van der Waals surface area (Å²) in [4.78, 5) is 0. The van der Waals surface area contributed by atoms with E-state index < -0.39 is 10.0 Å². The molecule has 5 heteroatoms. The van der Waals surface area contributed by atoms with Gasteiger partial charge in [0.25, 0.3) is 0 Å². The molecule has 1 atom stereocenters. The summed E-state index contributed by atoms with van der Waals surface area (Å²) in [6, 6.07) is 0.0704. The first-order chi connectivity index (χ1) is 7.35. The first-order valence-electron chi connectivity index (χ1n) is 5.98. The predicted molar refractivity (Wildman–Crippen MR) is 64.9 cm³/mol. The minimum absolute atomic E-state index is 0.0704. The Kier molecular flexibility index (Phi) is 4.76. The van der Waals surface area contributed by atoms with E-state index in [1.165, 1.54) is 0 Å². The van der Waals surface area contributed by atoms with E-state index in [2.05, 4.69) is 0 Å². The van der Waals surface area contributed by atoms with E-state index in [4.69, 9.17) is 4.74 Å². The number of rotatable bonds is 5. The van der Waals surface area contributed by atoms with Gasteiger partial charge in [0.15, 0.2) is 0 Å². The van der Waals surface area contributed by atoms with Crippen LogP contribution in [-0.2, 0) is 14.8 Å². The largest absolute Gasteiger partial charge is 0.379 e. The van der Waals surface area contributed by atoms with Crippen LogP contribution in [0.3, 0.4) is 0 Å². The summed E-state index contributed by atoms with van der Waals surface area (Å²) in [5.74, 6) is 0. The minimum atomic E-state index is -3.07. The van der Waals surface area contributed by atoms with Gasteiger partial charge < -0.3 is 4.74 Å². The molecule has 0 aromatic rings. The van der Waals surface area contributed by atoms with Gasteiger partial charge in [0.1, 0.15) is 0 Å². The second-order valence-corrected chi connectivity index (χ2v) is 7.03. The normalized spacial score (nSPS) is 25.8. The van der Waals surface area contributed by atoms with Gasteiger partial charge in [0.05, 0.1) is 11.4 Å². The Bertz CT molecular complexity index is 311. The van der Waals surface area contributed by atoms with E-state index >= 15 is 0 Å². The van der Waals surface area contributed by atoms with Gasteiger partial charge in [-0.05, 0) is 40.5 Å². The molecule has 1 rings (SSSR count). The molecule has 1 unspecified atom stereocenters. The van der Waals surface area contributed by atoms with E-state index in [-0.39, 0.29) is 17.4 Å². The molecule has 96 valence electrons. The second kappa shape index (κ2) is 5.47. The summed E-state index contributed by atoms with van der Waals surface area (Å²) in [5, 5.41) is -0.242. The van der Waals surface area contributed by atoms with Gasteiger partial charge in [-0.15, -0.1) is 0 Å². The van der Waals surface area contributed by atoms with Gasteiger partial charge in [-0.3, -0.25) is 0 Å². The van der Waals surface area contributed by atoms with Crippen molar-refractivity contribution in [2.24, 2.45) is 0 Å². The lowest BCUT2D eigenvalue weighted by Crippen LogP contribution is -2.35. The minimum Gasteiger partial charge on any atom is -0.379 e. The van der Waals surface area contributed by atoms with Crippen molar-refractivity contribution in [3.8, 4) is 0 Å². The first kappa shape index (κ1) is 13.9. The van der Waals surface area contributed by atoms with Crippen molar-refractivity contribution in [3.63, 3.8) is 0 Å². The summed E-state index contributed by atoms with van der Waals surface area (Å²) in [7, 11) is -3.07. The molecule has 1 heterocycles. The van der Waals surface area contributed by atoms with Crippen LogP contribution in [0.5, 0.6) is 0 Å². The highest BCUT2D eigenvalue weighted by Gasteiger charge is 2.39. The van der Waals surface area contributed by atoms with Gasteiger partial charge >= 0.3 is 0 Å². The standard InChI is InChI=1S/C11H23NO3S/c1-9(2)12-7-5-11(16(12,13)14)6-8-15-10(3)4/h9-11H,5-8H2,1-4H3. The molecule has 0 aromatic carbocycles. The summed E-state index contributed by atoms with van der Waals surface area (Å²) in [5.41, 5.74) is 0. The lowest BCUT2D eigenvalue weighted by Gasteiger charge is -2.20. The Morgan fingerprint density at radius 1 is 1.31 bits per heavy atom. The molecule has 0 bridgehead atoms. The molecule has 1 fully saturated rings. The van der Waals surface area contributed by atoms with Gasteiger partial charge in [-0.25, -0.2) is 8.42 Å². The molecule has 16 heavy (non-hydrogen) atoms. The van der Waals surface area contributed by atoms with Gasteiger partial charge in [0, 0.05) is 19.2 Å². The number of nitrogens with zero attached hydrogens (tertiary/aromatic N) is 1. The van der Waals surface area contributed by atoms with Crippen molar-refractivity contribution in [3.05, 3.63) is 0 Å². The number of hydrogen-bond acceptors (Lipinski definition) is 3. The molecule has 0 saturated carbocycles. The maximum atomic E-state index is 12.1. The molecule has 0 N–H and O–H groups in total. The highest BCUT2D eigenvalue weighted by Crippen LogP contribution is 2.26. The molecular formula is C11H23NO3S. The highest BCUT2D eigenvalue weighted by atomic mass is 32.2. The molecule has 0 aromatic heterocycles. The zero-order valence-corrected chi connectivity index (χ0v) is 11.5. The van der Waals surface area contributed by atoms with Crippen LogP contribution in [0, 0.1) is 0 Å². The Hall–Kier alpha value is -0.130. The van der Waals surface area contributed by atoms with Crippen molar-refractivity contribution >= 4 is 10.0 Å². The average molecular weight is 249 g/mol. The van der Waals surface area contributed by atoms with Crippen LogP contribution in [0.15, 0.2) is 0 Å². The monoisotopic (exact) mass is 249 g/mol. The fourth-order valence-electron chi connectivity index (χ4n) is 2.02. The molecule has 0 aliphatic carbocycles. The third kappa shape index (κ3) is 3.18. The summed E-state index contributed by atoms with van der Waals surface area (Å²) >= 11 is 0. The second-order valence-electron chi connectivity index (χ2n) is 4.87. The van der Waals surface area contributed by atoms with Crippen LogP contribution >= 0.6 is 0 Å². The Labute approximate surface area is 99.0 Å². The summed E-state index contributed by atoms with van der Waals surface area (Å²) < 4.78 is 31.2. The molecule has 0 spiro atoms. The Morgan fingerprint density at radius 3 is 2.38 bits per heavy atom. The summed E-state index contributed by atoms with van der Waals surface area (Å²) in [6.07, 6.45) is 1.52. The molecule has 0 amide bonds. The van der Waals surface area contributed by atoms with Crippen LogP contribution in [-0.4, -0.2) is 43.3 Å². The Morgan fingerprint density at radius 2 is 1.94 bits per heavy atom. The smallest absolute Gasteiger partial charge is 0.217 e. The first-order valence-corrected chi connectivity index (χ1v) is 7.48. The Balaban J connectivity index is 2.52. The van der Waals surface area contributed by atoms with Crippen molar-refractivity contribution in [2.45, 2.75) is 57.9 Å². The van der Waals surface area contributed by atoms with E-state index in [9.17, 15) is 8.42 Å². The highest BCUT2D eigenvalue weighted by molar-refractivity contribution is 7.90. The molecule has 1 aliphatic rings. The number of hydrogen-bond donors (Lipinski definition) is 0. The van der Waals surface area contributed by atoms with Gasteiger partial charge in [-0.2, -0.15) is 4.31 Å². The van der Waals surface area contributed by atoms with Crippen LogP contribution < -0.4 is 0 Å². The van der Waals surface area contributed by atoms with Crippen molar-refractivity contribution in [1.82, 2.24) is 4.31 Å². The van der Waals surface area contributed by atoms with Crippen LogP contribution in [0.25, 0.3) is 0 Å². The zero-order valence-electron chi connectivity index (χ0n) is 10.6. The quantitative estimate of drug-likeness (QED) is 0.743. The molecule has 4 nitrogen and oxygen atoms in total. The van der Waals surface area contributed by atoms with E-state index in [0.717, 1.165) is 6.42 Å². The molecule has 1 aliphatic heterocycles. The topological polar surface area (TPSA) is 46.6 Å². The fourth-order valence-corrected chi connectivity index (χ4v) is 4.15. The van der Waals surface area contributed by atoms with Crippen LogP contribution in [0.2, 0.25) is 0 Å². The van der Waals surface area contributed by atoms with E-state index in [1.54, 1.807) is 4.31 Å². The van der Waals surface area contributed by atoms with Crippen LogP contribution in [0.4, 0.5) is 0 Å². The number of ether oxygens (including phenoxy) is 1. The van der Waals surface area contributed by atoms with Crippen LogP contribution in [0.1, 0.15) is 40.5 Å². The average Bonchev–Trinajstić information content (AvgIpc) is 2.41. The SMILES string of the molecule is CC(C)OCCC1CCN(C(C)C)S1(=O)=O.